The van der Waals surface area contributed by atoms with Crippen LogP contribution in [0.15, 0.2) is 53.8 Å². The second kappa shape index (κ2) is 6.69. The minimum absolute atomic E-state index is 0.210. The number of anilines is 1. The Kier molecular flexibility index (Phi) is 4.39. The summed E-state index contributed by atoms with van der Waals surface area (Å²) in [4.78, 5) is 17.3. The molecule has 0 radical (unpaired) electrons. The lowest BCUT2D eigenvalue weighted by Crippen LogP contribution is -2.38. The Morgan fingerprint density at radius 1 is 1.40 bits per heavy atom. The molecule has 2 atom stereocenters. The van der Waals surface area contributed by atoms with Crippen LogP contribution < -0.4 is 5.32 Å². The molecule has 0 amide bonds. The smallest absolute Gasteiger partial charge is 0.227 e. The molecule has 2 heterocycles. The van der Waals surface area contributed by atoms with E-state index in [4.69, 9.17) is 11.6 Å². The largest absolute Gasteiger partial charge is 0.328 e. The summed E-state index contributed by atoms with van der Waals surface area (Å²) in [7, 11) is 0. The van der Waals surface area contributed by atoms with Gasteiger partial charge in [-0.1, -0.05) is 47.6 Å². The summed E-state index contributed by atoms with van der Waals surface area (Å²) >= 11 is 7.56. The number of carbonyl (C=O) groups is 1. The number of halogens is 1. The van der Waals surface area contributed by atoms with E-state index < -0.39 is 0 Å². The number of ketones is 1. The zero-order valence-electron chi connectivity index (χ0n) is 13.5. The fraction of sp³-hybridized carbons (Fsp3) is 0.278. The molecule has 0 spiro atoms. The topological polar surface area (TPSA) is 59.8 Å². The summed E-state index contributed by atoms with van der Waals surface area (Å²) in [6, 6.07) is 7.40. The van der Waals surface area contributed by atoms with E-state index in [-0.39, 0.29) is 17.7 Å². The highest BCUT2D eigenvalue weighted by Gasteiger charge is 2.41. The predicted molar refractivity (Wildman–Crippen MR) is 100.0 cm³/mol. The van der Waals surface area contributed by atoms with Crippen molar-refractivity contribution in [3.63, 3.8) is 0 Å². The van der Waals surface area contributed by atoms with E-state index in [9.17, 15) is 4.79 Å². The number of allylic oxidation sites excluding steroid dienone is 2. The van der Waals surface area contributed by atoms with Crippen molar-refractivity contribution in [3.8, 4) is 0 Å². The highest BCUT2D eigenvalue weighted by molar-refractivity contribution is 7.99. The standard InChI is InChI=1S/C18H17ClN4OS/c1-2-10-25-18-21-17-20-13-4-3-5-14(24)15(13)16(23(17)22-18)11-6-8-12(19)9-7-11/h2,4,6-9,15-16H,1,3,5,10H2,(H,20,21,22)/t15-,16-/m0/s1. The van der Waals surface area contributed by atoms with Gasteiger partial charge < -0.3 is 5.32 Å². The van der Waals surface area contributed by atoms with Crippen LogP contribution in [0.25, 0.3) is 0 Å². The average molecular weight is 373 g/mol. The lowest BCUT2D eigenvalue weighted by atomic mass is 9.81. The summed E-state index contributed by atoms with van der Waals surface area (Å²) in [5, 5.41) is 9.29. The van der Waals surface area contributed by atoms with E-state index >= 15 is 0 Å². The van der Waals surface area contributed by atoms with Gasteiger partial charge in [0.25, 0.3) is 0 Å². The van der Waals surface area contributed by atoms with Gasteiger partial charge in [-0.05, 0) is 24.1 Å². The van der Waals surface area contributed by atoms with Crippen LogP contribution in [0.3, 0.4) is 0 Å². The molecule has 7 heteroatoms. The number of Topliss-reactive ketones (excluding diaryl/α,β-unsaturated/α-hetero) is 1. The lowest BCUT2D eigenvalue weighted by molar-refractivity contribution is -0.123. The summed E-state index contributed by atoms with van der Waals surface area (Å²) in [5.41, 5.74) is 1.93. The molecule has 2 aromatic rings. The number of hydrogen-bond donors (Lipinski definition) is 1. The zero-order chi connectivity index (χ0) is 17.4. The number of rotatable bonds is 4. The highest BCUT2D eigenvalue weighted by Crippen LogP contribution is 2.42. The molecule has 1 N–H and O–H groups in total. The third-order valence-corrected chi connectivity index (χ3v) is 5.51. The molecule has 4 rings (SSSR count). The molecule has 2 aliphatic rings. The van der Waals surface area contributed by atoms with E-state index in [0.717, 1.165) is 23.4 Å². The van der Waals surface area contributed by atoms with E-state index in [2.05, 4.69) is 28.1 Å². The second-order valence-electron chi connectivity index (χ2n) is 6.03. The van der Waals surface area contributed by atoms with Gasteiger partial charge in [-0.25, -0.2) is 4.68 Å². The quantitative estimate of drug-likeness (QED) is 0.647. The number of benzene rings is 1. The van der Waals surface area contributed by atoms with Crippen LogP contribution in [0.5, 0.6) is 0 Å². The van der Waals surface area contributed by atoms with E-state index in [1.54, 1.807) is 0 Å². The van der Waals surface area contributed by atoms with Gasteiger partial charge >= 0.3 is 0 Å². The molecular formula is C18H17ClN4OS. The Balaban J connectivity index is 1.82. The Labute approximate surface area is 155 Å². The third kappa shape index (κ3) is 3.00. The summed E-state index contributed by atoms with van der Waals surface area (Å²) in [5.74, 6) is 1.37. The van der Waals surface area contributed by atoms with Gasteiger partial charge in [0.2, 0.25) is 11.1 Å². The molecule has 0 saturated heterocycles. The van der Waals surface area contributed by atoms with E-state index in [0.29, 0.717) is 22.5 Å². The molecule has 0 unspecified atom stereocenters. The first kappa shape index (κ1) is 16.4. The van der Waals surface area contributed by atoms with E-state index in [1.807, 2.05) is 35.0 Å². The van der Waals surface area contributed by atoms with Crippen molar-refractivity contribution in [2.45, 2.75) is 24.0 Å². The molecule has 0 fully saturated rings. The Hall–Kier alpha value is -2.05. The molecule has 0 bridgehead atoms. The van der Waals surface area contributed by atoms with Crippen molar-refractivity contribution in [2.75, 3.05) is 11.1 Å². The zero-order valence-corrected chi connectivity index (χ0v) is 15.1. The van der Waals surface area contributed by atoms with Crippen molar-refractivity contribution >= 4 is 35.1 Å². The average Bonchev–Trinajstić information content (AvgIpc) is 3.01. The van der Waals surface area contributed by atoms with E-state index in [1.165, 1.54) is 11.8 Å². The van der Waals surface area contributed by atoms with Crippen molar-refractivity contribution < 1.29 is 4.79 Å². The Bertz CT molecular complexity index is 858. The van der Waals surface area contributed by atoms with Crippen LogP contribution >= 0.6 is 23.4 Å². The normalized spacial score (nSPS) is 21.8. The molecule has 5 nitrogen and oxygen atoms in total. The predicted octanol–water partition coefficient (Wildman–Crippen LogP) is 4.09. The molecule has 1 aromatic carbocycles. The number of aromatic nitrogens is 3. The number of fused-ring (bicyclic) bond motifs is 2. The van der Waals surface area contributed by atoms with Gasteiger partial charge in [0, 0.05) is 22.9 Å². The fourth-order valence-electron chi connectivity index (χ4n) is 3.34. The molecule has 0 saturated carbocycles. The summed E-state index contributed by atoms with van der Waals surface area (Å²) in [6.45, 7) is 3.73. The summed E-state index contributed by atoms with van der Waals surface area (Å²) < 4.78 is 1.83. The second-order valence-corrected chi connectivity index (χ2v) is 7.45. The first-order valence-electron chi connectivity index (χ1n) is 8.13. The number of thioether (sulfide) groups is 1. The molecule has 128 valence electrons. The fourth-order valence-corrected chi connectivity index (χ4v) is 4.03. The van der Waals surface area contributed by atoms with Crippen molar-refractivity contribution in [1.29, 1.82) is 0 Å². The minimum Gasteiger partial charge on any atom is -0.328 e. The van der Waals surface area contributed by atoms with Crippen molar-refractivity contribution in [3.05, 3.63) is 59.3 Å². The molecule has 1 aliphatic heterocycles. The van der Waals surface area contributed by atoms with Gasteiger partial charge in [0.1, 0.15) is 5.78 Å². The van der Waals surface area contributed by atoms with Gasteiger partial charge in [0.05, 0.1) is 12.0 Å². The van der Waals surface area contributed by atoms with Crippen LogP contribution in [0, 0.1) is 5.92 Å². The van der Waals surface area contributed by atoms with Crippen LogP contribution in [-0.2, 0) is 4.79 Å². The maximum Gasteiger partial charge on any atom is 0.227 e. The first-order chi connectivity index (χ1) is 12.2. The molecular weight excluding hydrogens is 356 g/mol. The SMILES string of the molecule is C=CCSc1nc2n(n1)[C@@H](c1ccc(Cl)cc1)[C@@H]1C(=O)CCC=C1N2. The monoisotopic (exact) mass is 372 g/mol. The number of carbonyl (C=O) groups excluding carboxylic acids is 1. The lowest BCUT2D eigenvalue weighted by Gasteiger charge is -2.36. The van der Waals surface area contributed by atoms with Crippen LogP contribution in [0.2, 0.25) is 5.02 Å². The molecule has 1 aromatic heterocycles. The first-order valence-corrected chi connectivity index (χ1v) is 9.49. The number of hydrogen-bond acceptors (Lipinski definition) is 5. The van der Waals surface area contributed by atoms with Crippen LogP contribution in [0.1, 0.15) is 24.4 Å². The van der Waals surface area contributed by atoms with Gasteiger partial charge in [0.15, 0.2) is 0 Å². The highest BCUT2D eigenvalue weighted by atomic mass is 35.5. The maximum atomic E-state index is 12.7. The van der Waals surface area contributed by atoms with Crippen molar-refractivity contribution in [2.24, 2.45) is 5.92 Å². The van der Waals surface area contributed by atoms with Crippen LogP contribution in [0.4, 0.5) is 5.95 Å². The number of nitrogens with one attached hydrogen (secondary N) is 1. The van der Waals surface area contributed by atoms with Gasteiger partial charge in [-0.3, -0.25) is 4.79 Å². The Morgan fingerprint density at radius 2 is 2.20 bits per heavy atom. The van der Waals surface area contributed by atoms with Gasteiger partial charge in [-0.15, -0.1) is 11.7 Å². The Morgan fingerprint density at radius 3 is 2.96 bits per heavy atom. The number of nitrogens with zero attached hydrogens (tertiary/aromatic N) is 3. The van der Waals surface area contributed by atoms with Crippen LogP contribution in [-0.4, -0.2) is 26.3 Å². The van der Waals surface area contributed by atoms with Crippen molar-refractivity contribution in [1.82, 2.24) is 14.8 Å². The molecule has 25 heavy (non-hydrogen) atoms. The minimum atomic E-state index is -0.263. The van der Waals surface area contributed by atoms with Gasteiger partial charge in [-0.2, -0.15) is 4.98 Å². The summed E-state index contributed by atoms with van der Waals surface area (Å²) in [6.07, 6.45) is 5.24. The molecule has 1 aliphatic carbocycles. The third-order valence-electron chi connectivity index (χ3n) is 4.43. The maximum absolute atomic E-state index is 12.7.